The van der Waals surface area contributed by atoms with Gasteiger partial charge in [-0.2, -0.15) is 0 Å². The molecule has 1 atom stereocenters. The molecule has 0 saturated carbocycles. The van der Waals surface area contributed by atoms with Gasteiger partial charge in [-0.3, -0.25) is 9.59 Å². The Morgan fingerprint density at radius 1 is 1.03 bits per heavy atom. The molecule has 0 bridgehead atoms. The number of halogens is 1. The zero-order valence-corrected chi connectivity index (χ0v) is 18.3. The third-order valence-corrected chi connectivity index (χ3v) is 5.93. The molecule has 0 saturated heterocycles. The number of carbonyl (C=O) groups is 3. The topological polar surface area (TPSA) is 72.5 Å². The second-order valence-electron chi connectivity index (χ2n) is 7.24. The predicted octanol–water partition coefficient (Wildman–Crippen LogP) is 4.66. The molecule has 1 heterocycles. The van der Waals surface area contributed by atoms with Gasteiger partial charge in [0, 0.05) is 0 Å². The van der Waals surface area contributed by atoms with Crippen LogP contribution in [0.1, 0.15) is 29.1 Å². The van der Waals surface area contributed by atoms with E-state index in [9.17, 15) is 14.4 Å². The van der Waals surface area contributed by atoms with Gasteiger partial charge >= 0.3 is 5.97 Å². The highest BCUT2D eigenvalue weighted by Gasteiger charge is 2.26. The molecular formula is C23H22ClNO4S. The lowest BCUT2D eigenvalue weighted by atomic mass is 10.0. The molecule has 0 aliphatic rings. The van der Waals surface area contributed by atoms with Crippen LogP contribution >= 0.6 is 22.9 Å². The molecule has 3 rings (SSSR count). The molecule has 2 aromatic carbocycles. The summed E-state index contributed by atoms with van der Waals surface area (Å²) in [4.78, 5) is 37.7. The third-order valence-electron chi connectivity index (χ3n) is 4.66. The van der Waals surface area contributed by atoms with Gasteiger partial charge in [-0.05, 0) is 34.4 Å². The van der Waals surface area contributed by atoms with E-state index in [1.165, 1.54) is 0 Å². The van der Waals surface area contributed by atoms with Crippen molar-refractivity contribution in [3.63, 3.8) is 0 Å². The van der Waals surface area contributed by atoms with Crippen LogP contribution in [0, 0.1) is 5.92 Å². The summed E-state index contributed by atoms with van der Waals surface area (Å²) in [5.74, 6) is -1.43. The number of hydrogen-bond donors (Lipinski definition) is 1. The Balaban J connectivity index is 1.62. The number of carbonyl (C=O) groups excluding carboxylic acids is 3. The number of Topliss-reactive ketones (excluding diaryl/α,β-unsaturated/α-hetero) is 1. The van der Waals surface area contributed by atoms with E-state index >= 15 is 0 Å². The highest BCUT2D eigenvalue weighted by atomic mass is 35.5. The first-order chi connectivity index (χ1) is 14.3. The van der Waals surface area contributed by atoms with Gasteiger partial charge < -0.3 is 10.1 Å². The van der Waals surface area contributed by atoms with Crippen molar-refractivity contribution in [1.82, 2.24) is 5.32 Å². The summed E-state index contributed by atoms with van der Waals surface area (Å²) in [7, 11) is 0. The molecule has 0 aliphatic carbocycles. The van der Waals surface area contributed by atoms with Crippen molar-refractivity contribution in [3.8, 4) is 0 Å². The summed E-state index contributed by atoms with van der Waals surface area (Å²) in [6, 6.07) is 16.0. The zero-order valence-electron chi connectivity index (χ0n) is 16.7. The molecule has 1 N–H and O–H groups in total. The first-order valence-electron chi connectivity index (χ1n) is 9.56. The van der Waals surface area contributed by atoms with E-state index in [1.807, 2.05) is 56.3 Å². The van der Waals surface area contributed by atoms with E-state index in [0.717, 1.165) is 27.7 Å². The van der Waals surface area contributed by atoms with E-state index in [-0.39, 0.29) is 24.0 Å². The molecule has 1 aromatic heterocycles. The van der Waals surface area contributed by atoms with E-state index in [4.69, 9.17) is 16.3 Å². The van der Waals surface area contributed by atoms with Crippen LogP contribution in [-0.4, -0.2) is 30.3 Å². The SMILES string of the molecule is CC(C)[C@H](NC(=O)Cc1cccc2ccccc12)C(=O)OCC(=O)c1ccc(Cl)s1. The molecular weight excluding hydrogens is 422 g/mol. The van der Waals surface area contributed by atoms with Gasteiger partial charge in [0.05, 0.1) is 15.6 Å². The minimum atomic E-state index is -0.841. The van der Waals surface area contributed by atoms with Crippen molar-refractivity contribution in [1.29, 1.82) is 0 Å². The van der Waals surface area contributed by atoms with Crippen molar-refractivity contribution < 1.29 is 19.1 Å². The van der Waals surface area contributed by atoms with Crippen LogP contribution < -0.4 is 5.32 Å². The number of amides is 1. The largest absolute Gasteiger partial charge is 0.456 e. The van der Waals surface area contributed by atoms with Crippen LogP contribution in [-0.2, 0) is 20.7 Å². The average molecular weight is 444 g/mol. The number of ketones is 1. The lowest BCUT2D eigenvalue weighted by Crippen LogP contribution is -2.46. The number of benzene rings is 2. The fourth-order valence-corrected chi connectivity index (χ4v) is 4.07. The summed E-state index contributed by atoms with van der Waals surface area (Å²) in [5.41, 5.74) is 0.881. The molecule has 156 valence electrons. The van der Waals surface area contributed by atoms with Crippen molar-refractivity contribution in [2.45, 2.75) is 26.3 Å². The molecule has 30 heavy (non-hydrogen) atoms. The van der Waals surface area contributed by atoms with Crippen molar-refractivity contribution in [2.24, 2.45) is 5.92 Å². The first kappa shape index (κ1) is 22.0. The van der Waals surface area contributed by atoms with E-state index < -0.39 is 18.6 Å². The molecule has 0 spiro atoms. The van der Waals surface area contributed by atoms with Crippen LogP contribution in [0.4, 0.5) is 0 Å². The molecule has 0 radical (unpaired) electrons. The monoisotopic (exact) mass is 443 g/mol. The maximum absolute atomic E-state index is 12.6. The highest BCUT2D eigenvalue weighted by molar-refractivity contribution is 7.18. The number of ether oxygens (including phenoxy) is 1. The van der Waals surface area contributed by atoms with Crippen LogP contribution in [0.2, 0.25) is 4.34 Å². The Morgan fingerprint density at radius 2 is 1.77 bits per heavy atom. The van der Waals surface area contributed by atoms with E-state index in [2.05, 4.69) is 5.32 Å². The molecule has 0 aliphatic heterocycles. The molecule has 1 amide bonds. The number of hydrogen-bond acceptors (Lipinski definition) is 5. The average Bonchev–Trinajstić information content (AvgIpc) is 3.16. The quantitative estimate of drug-likeness (QED) is 0.406. The Morgan fingerprint density at radius 3 is 2.47 bits per heavy atom. The summed E-state index contributed by atoms with van der Waals surface area (Å²) in [6.45, 7) is 3.23. The normalized spacial score (nSPS) is 12.0. The summed E-state index contributed by atoms with van der Waals surface area (Å²) < 4.78 is 5.66. The second kappa shape index (κ2) is 9.87. The standard InChI is InChI=1S/C23H22ClNO4S/c1-14(2)22(23(28)29-13-18(26)19-10-11-20(24)30-19)25-21(27)12-16-8-5-7-15-6-3-4-9-17(15)16/h3-11,14,22H,12-13H2,1-2H3,(H,25,27)/t22-/m0/s1. The van der Waals surface area contributed by atoms with Crippen molar-refractivity contribution in [3.05, 3.63) is 69.4 Å². The van der Waals surface area contributed by atoms with E-state index in [1.54, 1.807) is 12.1 Å². The van der Waals surface area contributed by atoms with Crippen molar-refractivity contribution in [2.75, 3.05) is 6.61 Å². The number of esters is 1. The van der Waals surface area contributed by atoms with Crippen LogP contribution in [0.5, 0.6) is 0 Å². The number of nitrogens with one attached hydrogen (secondary N) is 1. The van der Waals surface area contributed by atoms with Crippen LogP contribution in [0.25, 0.3) is 10.8 Å². The van der Waals surface area contributed by atoms with E-state index in [0.29, 0.717) is 9.21 Å². The van der Waals surface area contributed by atoms with Crippen molar-refractivity contribution >= 4 is 51.4 Å². The highest BCUT2D eigenvalue weighted by Crippen LogP contribution is 2.22. The zero-order chi connectivity index (χ0) is 21.7. The van der Waals surface area contributed by atoms with Gasteiger partial charge in [0.1, 0.15) is 6.04 Å². The lowest BCUT2D eigenvalue weighted by molar-refractivity contribution is -0.148. The summed E-state index contributed by atoms with van der Waals surface area (Å²) >= 11 is 6.96. The summed E-state index contributed by atoms with van der Waals surface area (Å²) in [6.07, 6.45) is 0.143. The van der Waals surface area contributed by atoms with Gasteiger partial charge in [0.15, 0.2) is 6.61 Å². The molecule has 0 fully saturated rings. The molecule has 3 aromatic rings. The fraction of sp³-hybridized carbons (Fsp3) is 0.261. The van der Waals surface area contributed by atoms with Gasteiger partial charge in [0.25, 0.3) is 0 Å². The van der Waals surface area contributed by atoms with Gasteiger partial charge in [0.2, 0.25) is 11.7 Å². The number of fused-ring (bicyclic) bond motifs is 1. The number of rotatable bonds is 8. The number of thiophene rings is 1. The minimum absolute atomic E-state index is 0.143. The maximum atomic E-state index is 12.6. The lowest BCUT2D eigenvalue weighted by Gasteiger charge is -2.21. The minimum Gasteiger partial charge on any atom is -0.456 e. The molecule has 7 heteroatoms. The third kappa shape index (κ3) is 5.46. The van der Waals surface area contributed by atoms with Crippen LogP contribution in [0.15, 0.2) is 54.6 Å². The second-order valence-corrected chi connectivity index (χ2v) is 8.95. The fourth-order valence-electron chi connectivity index (χ4n) is 3.10. The molecule has 5 nitrogen and oxygen atoms in total. The first-order valence-corrected chi connectivity index (χ1v) is 10.8. The molecule has 0 unspecified atom stereocenters. The van der Waals surface area contributed by atoms with Gasteiger partial charge in [-0.15, -0.1) is 11.3 Å². The van der Waals surface area contributed by atoms with Crippen LogP contribution in [0.3, 0.4) is 0 Å². The van der Waals surface area contributed by atoms with Gasteiger partial charge in [-0.1, -0.05) is 67.9 Å². The maximum Gasteiger partial charge on any atom is 0.329 e. The Bertz CT molecular complexity index is 1070. The van der Waals surface area contributed by atoms with Gasteiger partial charge in [-0.25, -0.2) is 4.79 Å². The smallest absolute Gasteiger partial charge is 0.329 e. The predicted molar refractivity (Wildman–Crippen MR) is 119 cm³/mol. The Labute approximate surface area is 184 Å². The Hall–Kier alpha value is -2.70. The summed E-state index contributed by atoms with van der Waals surface area (Å²) in [5, 5.41) is 4.80. The Kier molecular flexibility index (Phi) is 7.24.